The van der Waals surface area contributed by atoms with E-state index in [4.69, 9.17) is 9.84 Å². The van der Waals surface area contributed by atoms with Gasteiger partial charge in [0.05, 0.1) is 18.1 Å². The molecule has 0 unspecified atom stereocenters. The van der Waals surface area contributed by atoms with Crippen LogP contribution in [0, 0.1) is 17.7 Å². The van der Waals surface area contributed by atoms with E-state index in [-0.39, 0.29) is 36.6 Å². The van der Waals surface area contributed by atoms with Gasteiger partial charge >= 0.3 is 0 Å². The molecule has 2 N–H and O–H groups in total. The first-order chi connectivity index (χ1) is 9.51. The van der Waals surface area contributed by atoms with Crippen molar-refractivity contribution in [2.75, 3.05) is 26.9 Å². The second-order valence-electron chi connectivity index (χ2n) is 3.81. The second kappa shape index (κ2) is 7.97. The largest absolute Gasteiger partial charge is 0.395 e. The van der Waals surface area contributed by atoms with Crippen LogP contribution < -0.4 is 4.72 Å². The molecule has 0 heterocycles. The number of hydrogen-bond donors (Lipinski definition) is 2. The molecule has 0 fully saturated rings. The maximum Gasteiger partial charge on any atom is 0.241 e. The van der Waals surface area contributed by atoms with Crippen molar-refractivity contribution in [3.05, 3.63) is 29.6 Å². The maximum absolute atomic E-state index is 13.2. The van der Waals surface area contributed by atoms with Crippen molar-refractivity contribution < 1.29 is 22.7 Å². The van der Waals surface area contributed by atoms with Crippen molar-refractivity contribution in [2.24, 2.45) is 0 Å². The fraction of sp³-hybridized carbons (Fsp3) is 0.385. The van der Waals surface area contributed by atoms with Crippen LogP contribution in [0.3, 0.4) is 0 Å². The van der Waals surface area contributed by atoms with E-state index in [9.17, 15) is 12.8 Å². The summed E-state index contributed by atoms with van der Waals surface area (Å²) in [4.78, 5) is -0.0968. The summed E-state index contributed by atoms with van der Waals surface area (Å²) in [7, 11) is -2.32. The number of methoxy groups -OCH3 is 1. The number of aliphatic hydroxyl groups is 1. The molecular weight excluding hydrogens is 285 g/mol. The number of nitrogens with one attached hydrogen (secondary N) is 1. The van der Waals surface area contributed by atoms with Gasteiger partial charge in [0.15, 0.2) is 0 Å². The van der Waals surface area contributed by atoms with Crippen molar-refractivity contribution in [3.63, 3.8) is 0 Å². The summed E-state index contributed by atoms with van der Waals surface area (Å²) >= 11 is 0. The molecular formula is C13H16FNO4S. The maximum atomic E-state index is 13.2. The third kappa shape index (κ3) is 4.90. The van der Waals surface area contributed by atoms with Crippen LogP contribution in [0.1, 0.15) is 12.0 Å². The molecule has 0 aliphatic carbocycles. The first-order valence-corrected chi connectivity index (χ1v) is 7.37. The van der Waals surface area contributed by atoms with Crippen LogP contribution in [-0.4, -0.2) is 40.4 Å². The second-order valence-corrected chi connectivity index (χ2v) is 5.54. The van der Waals surface area contributed by atoms with E-state index < -0.39 is 15.8 Å². The quantitative estimate of drug-likeness (QED) is 0.592. The molecule has 1 aromatic carbocycles. The van der Waals surface area contributed by atoms with Gasteiger partial charge in [0.1, 0.15) is 5.82 Å². The Balaban J connectivity index is 3.08. The summed E-state index contributed by atoms with van der Waals surface area (Å²) in [6.45, 7) is 0.197. The van der Waals surface area contributed by atoms with E-state index in [1.165, 1.54) is 7.11 Å². The predicted octanol–water partition coefficient (Wildman–Crippen LogP) is 0.484. The minimum absolute atomic E-state index is 0.0587. The lowest BCUT2D eigenvalue weighted by molar-refractivity contribution is 0.204. The summed E-state index contributed by atoms with van der Waals surface area (Å²) in [6, 6.07) is 3.27. The van der Waals surface area contributed by atoms with Gasteiger partial charge in [-0.15, -0.1) is 0 Å². The first kappa shape index (κ1) is 16.6. The number of halogens is 1. The SMILES string of the molecule is COCCNS(=O)(=O)c1ccc(F)cc1C#CCCO. The van der Waals surface area contributed by atoms with Crippen molar-refractivity contribution in [2.45, 2.75) is 11.3 Å². The van der Waals surface area contributed by atoms with Crippen LogP contribution in [0.2, 0.25) is 0 Å². The highest BCUT2D eigenvalue weighted by molar-refractivity contribution is 7.89. The zero-order chi connectivity index (χ0) is 15.0. The fourth-order valence-corrected chi connectivity index (χ4v) is 2.56. The van der Waals surface area contributed by atoms with Crippen molar-refractivity contribution in [1.82, 2.24) is 4.72 Å². The Hall–Kier alpha value is -1.46. The van der Waals surface area contributed by atoms with Gasteiger partial charge in [0, 0.05) is 25.6 Å². The first-order valence-electron chi connectivity index (χ1n) is 5.89. The molecule has 0 saturated heterocycles. The Bertz CT molecular complexity index is 605. The molecule has 0 radical (unpaired) electrons. The van der Waals surface area contributed by atoms with Crippen LogP contribution in [0.25, 0.3) is 0 Å². The van der Waals surface area contributed by atoms with E-state index in [1.54, 1.807) is 0 Å². The average Bonchev–Trinajstić information content (AvgIpc) is 2.39. The minimum atomic E-state index is -3.78. The summed E-state index contributed by atoms with van der Waals surface area (Å²) in [6.07, 6.45) is 0.188. The lowest BCUT2D eigenvalue weighted by Gasteiger charge is -2.08. The molecule has 0 aliphatic rings. The Labute approximate surface area is 117 Å². The number of aliphatic hydroxyl groups excluding tert-OH is 1. The molecule has 0 saturated carbocycles. The Morgan fingerprint density at radius 3 is 2.85 bits per heavy atom. The van der Waals surface area contributed by atoms with Crippen LogP contribution in [-0.2, 0) is 14.8 Å². The van der Waals surface area contributed by atoms with Crippen molar-refractivity contribution >= 4 is 10.0 Å². The molecule has 20 heavy (non-hydrogen) atoms. The van der Waals surface area contributed by atoms with Gasteiger partial charge in [0.25, 0.3) is 0 Å². The monoisotopic (exact) mass is 301 g/mol. The molecule has 0 atom stereocenters. The number of hydrogen-bond acceptors (Lipinski definition) is 4. The van der Waals surface area contributed by atoms with E-state index in [0.717, 1.165) is 18.2 Å². The molecule has 0 aromatic heterocycles. The standard InChI is InChI=1S/C13H16FNO4S/c1-19-9-7-15-20(17,18)13-6-5-12(14)10-11(13)4-2-3-8-16/h5-6,10,15-16H,3,7-9H2,1H3. The number of ether oxygens (including phenoxy) is 1. The third-order valence-electron chi connectivity index (χ3n) is 2.29. The molecule has 0 spiro atoms. The lowest BCUT2D eigenvalue weighted by atomic mass is 10.2. The molecule has 0 aliphatic heterocycles. The third-order valence-corrected chi connectivity index (χ3v) is 3.81. The highest BCUT2D eigenvalue weighted by atomic mass is 32.2. The zero-order valence-electron chi connectivity index (χ0n) is 11.0. The summed E-state index contributed by atoms with van der Waals surface area (Å²) in [5.74, 6) is 4.55. The van der Waals surface area contributed by atoms with Crippen LogP contribution >= 0.6 is 0 Å². The molecule has 0 amide bonds. The van der Waals surface area contributed by atoms with Crippen molar-refractivity contribution in [3.8, 4) is 11.8 Å². The predicted molar refractivity (Wildman–Crippen MR) is 72.0 cm³/mol. The number of rotatable bonds is 6. The summed E-state index contributed by atoms with van der Waals surface area (Å²) in [5.41, 5.74) is 0.0587. The van der Waals surface area contributed by atoms with Gasteiger partial charge < -0.3 is 9.84 Å². The van der Waals surface area contributed by atoms with Crippen LogP contribution in [0.15, 0.2) is 23.1 Å². The molecule has 7 heteroatoms. The van der Waals surface area contributed by atoms with Gasteiger partial charge in [-0.3, -0.25) is 0 Å². The van der Waals surface area contributed by atoms with E-state index in [2.05, 4.69) is 16.6 Å². The van der Waals surface area contributed by atoms with Gasteiger partial charge in [-0.25, -0.2) is 17.5 Å². The Morgan fingerprint density at radius 2 is 2.20 bits per heavy atom. The van der Waals surface area contributed by atoms with E-state index >= 15 is 0 Å². The van der Waals surface area contributed by atoms with Gasteiger partial charge in [-0.1, -0.05) is 11.8 Å². The van der Waals surface area contributed by atoms with Gasteiger partial charge in [-0.05, 0) is 18.2 Å². The zero-order valence-corrected chi connectivity index (χ0v) is 11.8. The van der Waals surface area contributed by atoms with Gasteiger partial charge in [-0.2, -0.15) is 0 Å². The Morgan fingerprint density at radius 1 is 1.45 bits per heavy atom. The van der Waals surface area contributed by atoms with E-state index in [1.807, 2.05) is 0 Å². The summed E-state index contributed by atoms with van der Waals surface area (Å²) < 4.78 is 44.4. The molecule has 0 bridgehead atoms. The molecule has 1 rings (SSSR count). The average molecular weight is 301 g/mol. The lowest BCUT2D eigenvalue weighted by Crippen LogP contribution is -2.27. The van der Waals surface area contributed by atoms with Gasteiger partial charge in [0.2, 0.25) is 10.0 Å². The minimum Gasteiger partial charge on any atom is -0.395 e. The van der Waals surface area contributed by atoms with Crippen molar-refractivity contribution in [1.29, 1.82) is 0 Å². The van der Waals surface area contributed by atoms with E-state index in [0.29, 0.717) is 0 Å². The van der Waals surface area contributed by atoms with Crippen LogP contribution in [0.4, 0.5) is 4.39 Å². The molecule has 5 nitrogen and oxygen atoms in total. The fourth-order valence-electron chi connectivity index (χ4n) is 1.40. The molecule has 1 aromatic rings. The summed E-state index contributed by atoms with van der Waals surface area (Å²) in [5, 5.41) is 8.65. The number of benzene rings is 1. The smallest absolute Gasteiger partial charge is 0.241 e. The number of sulfonamides is 1. The highest BCUT2D eigenvalue weighted by Gasteiger charge is 2.17. The normalized spacial score (nSPS) is 10.9. The van der Waals surface area contributed by atoms with Crippen LogP contribution in [0.5, 0.6) is 0 Å². The topological polar surface area (TPSA) is 75.6 Å². The molecule has 110 valence electrons. The Kier molecular flexibility index (Phi) is 6.61. The highest BCUT2D eigenvalue weighted by Crippen LogP contribution is 2.16.